The molecule has 0 amide bonds. The average Bonchev–Trinajstić information content (AvgIpc) is 3.73. The van der Waals surface area contributed by atoms with Crippen LogP contribution in [0.3, 0.4) is 0 Å². The Balaban J connectivity index is 1.28. The van der Waals surface area contributed by atoms with Crippen molar-refractivity contribution >= 4 is 54.6 Å². The van der Waals surface area contributed by atoms with E-state index in [0.29, 0.717) is 17.5 Å². The zero-order valence-corrected chi connectivity index (χ0v) is 25.6. The van der Waals surface area contributed by atoms with E-state index in [1.54, 1.807) is 0 Å². The molecule has 3 aromatic heterocycles. The molecule has 10 aromatic rings. The Kier molecular flexibility index (Phi) is 5.81. The van der Waals surface area contributed by atoms with Crippen LogP contribution in [-0.2, 0) is 0 Å². The van der Waals surface area contributed by atoms with Crippen molar-refractivity contribution in [1.29, 1.82) is 0 Å². The molecular formula is C43H25N3O2. The van der Waals surface area contributed by atoms with E-state index in [1.165, 1.54) is 10.8 Å². The van der Waals surface area contributed by atoms with Gasteiger partial charge in [-0.15, -0.1) is 0 Å². The molecule has 0 bridgehead atoms. The van der Waals surface area contributed by atoms with Gasteiger partial charge in [-0.05, 0) is 58.3 Å². The van der Waals surface area contributed by atoms with Gasteiger partial charge in [0.15, 0.2) is 17.5 Å². The van der Waals surface area contributed by atoms with E-state index in [9.17, 15) is 0 Å². The van der Waals surface area contributed by atoms with Gasteiger partial charge in [0, 0.05) is 32.7 Å². The van der Waals surface area contributed by atoms with Gasteiger partial charge in [-0.1, -0.05) is 115 Å². The van der Waals surface area contributed by atoms with Crippen LogP contribution in [0.1, 0.15) is 0 Å². The van der Waals surface area contributed by atoms with Crippen LogP contribution in [0.15, 0.2) is 160 Å². The van der Waals surface area contributed by atoms with E-state index in [2.05, 4.69) is 72.8 Å². The van der Waals surface area contributed by atoms with E-state index >= 15 is 0 Å². The van der Waals surface area contributed by atoms with Gasteiger partial charge in [0.05, 0.1) is 5.56 Å². The fraction of sp³-hybridized carbons (Fsp3) is 0. The first-order valence-electron chi connectivity index (χ1n) is 15.9. The molecule has 224 valence electrons. The Hall–Kier alpha value is -6.59. The highest BCUT2D eigenvalue weighted by Crippen LogP contribution is 2.41. The zero-order chi connectivity index (χ0) is 31.6. The number of benzene rings is 7. The van der Waals surface area contributed by atoms with Gasteiger partial charge in [-0.2, -0.15) is 0 Å². The Morgan fingerprint density at radius 3 is 1.88 bits per heavy atom. The molecule has 3 heterocycles. The molecule has 10 rings (SSSR count). The fourth-order valence-corrected chi connectivity index (χ4v) is 6.82. The van der Waals surface area contributed by atoms with E-state index < -0.39 is 0 Å². The first kappa shape index (κ1) is 26.6. The van der Waals surface area contributed by atoms with Gasteiger partial charge in [-0.25, -0.2) is 15.0 Å². The molecule has 0 N–H and O–H groups in total. The second-order valence-corrected chi connectivity index (χ2v) is 12.0. The number of furan rings is 2. The first-order valence-corrected chi connectivity index (χ1v) is 15.9. The number of para-hydroxylation sites is 3. The van der Waals surface area contributed by atoms with E-state index in [0.717, 1.165) is 71.7 Å². The average molecular weight is 616 g/mol. The van der Waals surface area contributed by atoms with Gasteiger partial charge in [0.25, 0.3) is 0 Å². The summed E-state index contributed by atoms with van der Waals surface area (Å²) in [4.78, 5) is 15.4. The second-order valence-electron chi connectivity index (χ2n) is 12.0. The summed E-state index contributed by atoms with van der Waals surface area (Å²) >= 11 is 0. The van der Waals surface area contributed by atoms with Crippen molar-refractivity contribution in [2.24, 2.45) is 0 Å². The lowest BCUT2D eigenvalue weighted by Crippen LogP contribution is -2.01. The predicted octanol–water partition coefficient (Wildman–Crippen LogP) is 11.5. The van der Waals surface area contributed by atoms with E-state index in [4.69, 9.17) is 23.8 Å². The quantitative estimate of drug-likeness (QED) is 0.197. The number of nitrogens with zero attached hydrogens (tertiary/aromatic N) is 3. The van der Waals surface area contributed by atoms with E-state index in [-0.39, 0.29) is 0 Å². The van der Waals surface area contributed by atoms with Crippen LogP contribution in [0.25, 0.3) is 99.9 Å². The molecule has 7 aromatic carbocycles. The van der Waals surface area contributed by atoms with Crippen molar-refractivity contribution < 1.29 is 8.83 Å². The van der Waals surface area contributed by atoms with Gasteiger partial charge >= 0.3 is 0 Å². The van der Waals surface area contributed by atoms with Crippen LogP contribution in [0.2, 0.25) is 0 Å². The monoisotopic (exact) mass is 615 g/mol. The Morgan fingerprint density at radius 1 is 0.354 bits per heavy atom. The lowest BCUT2D eigenvalue weighted by molar-refractivity contribution is 0.668. The molecule has 0 unspecified atom stereocenters. The third-order valence-corrected chi connectivity index (χ3v) is 9.11. The van der Waals surface area contributed by atoms with Crippen LogP contribution in [-0.4, -0.2) is 15.0 Å². The molecule has 5 heteroatoms. The van der Waals surface area contributed by atoms with Crippen LogP contribution >= 0.6 is 0 Å². The molecule has 48 heavy (non-hydrogen) atoms. The maximum Gasteiger partial charge on any atom is 0.167 e. The summed E-state index contributed by atoms with van der Waals surface area (Å²) in [7, 11) is 0. The maximum absolute atomic E-state index is 6.50. The smallest absolute Gasteiger partial charge is 0.167 e. The second kappa shape index (κ2) is 10.5. The summed E-state index contributed by atoms with van der Waals surface area (Å²) < 4.78 is 12.9. The maximum atomic E-state index is 6.50. The molecule has 0 aliphatic rings. The molecule has 0 saturated heterocycles. The van der Waals surface area contributed by atoms with Crippen molar-refractivity contribution in [3.63, 3.8) is 0 Å². The summed E-state index contributed by atoms with van der Waals surface area (Å²) in [5.41, 5.74) is 7.85. The number of hydrogen-bond donors (Lipinski definition) is 0. The molecule has 0 aliphatic heterocycles. The van der Waals surface area contributed by atoms with Crippen molar-refractivity contribution in [3.8, 4) is 45.3 Å². The minimum absolute atomic E-state index is 0.542. The number of rotatable bonds is 4. The van der Waals surface area contributed by atoms with Crippen molar-refractivity contribution in [2.45, 2.75) is 0 Å². The highest BCUT2D eigenvalue weighted by atomic mass is 16.3. The van der Waals surface area contributed by atoms with E-state index in [1.807, 2.05) is 78.9 Å². The summed E-state index contributed by atoms with van der Waals surface area (Å²) in [6, 6.07) is 51.7. The summed E-state index contributed by atoms with van der Waals surface area (Å²) in [5.74, 6) is 1.69. The van der Waals surface area contributed by atoms with Crippen LogP contribution < -0.4 is 0 Å². The number of aromatic nitrogens is 3. The lowest BCUT2D eigenvalue weighted by atomic mass is 9.96. The normalized spacial score (nSPS) is 11.8. The predicted molar refractivity (Wildman–Crippen MR) is 194 cm³/mol. The van der Waals surface area contributed by atoms with Crippen molar-refractivity contribution in [3.05, 3.63) is 152 Å². The Bertz CT molecular complexity index is 2850. The minimum atomic E-state index is 0.542. The SMILES string of the molecule is c1ccc(-c2nc(-c3cccc4c3oc3ccccc34)nc(-c3cc(-c4ccc5ccccc5c4)cc4oc5ccccc5c34)n2)cc1. The van der Waals surface area contributed by atoms with Crippen LogP contribution in [0.4, 0.5) is 0 Å². The molecule has 0 aliphatic carbocycles. The molecule has 0 saturated carbocycles. The molecule has 0 fully saturated rings. The van der Waals surface area contributed by atoms with Gasteiger partial charge in [0.2, 0.25) is 0 Å². The van der Waals surface area contributed by atoms with Gasteiger partial charge in [0.1, 0.15) is 22.3 Å². The first-order chi connectivity index (χ1) is 23.8. The zero-order valence-electron chi connectivity index (χ0n) is 25.6. The summed E-state index contributed by atoms with van der Waals surface area (Å²) in [5, 5.41) is 6.42. The topological polar surface area (TPSA) is 65.0 Å². The van der Waals surface area contributed by atoms with Crippen molar-refractivity contribution in [2.75, 3.05) is 0 Å². The summed E-state index contributed by atoms with van der Waals surface area (Å²) in [6.07, 6.45) is 0. The molecular weight excluding hydrogens is 590 g/mol. The minimum Gasteiger partial charge on any atom is -0.456 e. The fourth-order valence-electron chi connectivity index (χ4n) is 6.82. The third kappa shape index (κ3) is 4.22. The molecule has 0 radical (unpaired) electrons. The van der Waals surface area contributed by atoms with Gasteiger partial charge in [-0.3, -0.25) is 0 Å². The lowest BCUT2D eigenvalue weighted by Gasteiger charge is -2.11. The molecule has 0 atom stereocenters. The Morgan fingerprint density at radius 2 is 1.02 bits per heavy atom. The van der Waals surface area contributed by atoms with Crippen molar-refractivity contribution in [1.82, 2.24) is 15.0 Å². The molecule has 0 spiro atoms. The standard InChI is InChI=1S/C43H25N3O2/c1-2-12-27(13-3-1)41-44-42(34-18-10-17-32-31-15-6-8-19-36(31)48-40(32)34)46-43(45-41)35-24-30(29-22-21-26-11-4-5-14-28(26)23-29)25-38-39(35)33-16-7-9-20-37(33)47-38/h1-25H. The van der Waals surface area contributed by atoms with Gasteiger partial charge < -0.3 is 8.83 Å². The summed E-state index contributed by atoms with van der Waals surface area (Å²) in [6.45, 7) is 0. The largest absolute Gasteiger partial charge is 0.456 e. The highest BCUT2D eigenvalue weighted by molar-refractivity contribution is 6.13. The highest BCUT2D eigenvalue weighted by Gasteiger charge is 2.21. The number of fused-ring (bicyclic) bond motifs is 7. The van der Waals surface area contributed by atoms with Crippen LogP contribution in [0.5, 0.6) is 0 Å². The molecule has 5 nitrogen and oxygen atoms in total. The Labute approximate surface area is 274 Å². The number of hydrogen-bond acceptors (Lipinski definition) is 5. The third-order valence-electron chi connectivity index (χ3n) is 9.11. The van der Waals surface area contributed by atoms with Crippen LogP contribution in [0, 0.1) is 0 Å².